The molecule has 1 heterocycles. The quantitative estimate of drug-likeness (QED) is 0.796. The molecule has 2 unspecified atom stereocenters. The fourth-order valence-corrected chi connectivity index (χ4v) is 2.45. The first-order valence-corrected chi connectivity index (χ1v) is 6.23. The van der Waals surface area contributed by atoms with E-state index in [4.69, 9.17) is 0 Å². The number of carboxylic acid groups (broad SMARTS) is 1. The Hall–Kier alpha value is -1.84. The van der Waals surface area contributed by atoms with E-state index >= 15 is 0 Å². The fourth-order valence-electron chi connectivity index (χ4n) is 2.45. The molecule has 0 saturated carbocycles. The van der Waals surface area contributed by atoms with E-state index in [0.717, 1.165) is 12.0 Å². The lowest BCUT2D eigenvalue weighted by Crippen LogP contribution is -2.44. The highest BCUT2D eigenvalue weighted by atomic mass is 16.4. The van der Waals surface area contributed by atoms with Gasteiger partial charge in [0.15, 0.2) is 0 Å². The van der Waals surface area contributed by atoms with Gasteiger partial charge in [0.25, 0.3) is 0 Å². The summed E-state index contributed by atoms with van der Waals surface area (Å²) < 4.78 is 0. The van der Waals surface area contributed by atoms with E-state index in [1.54, 1.807) is 0 Å². The van der Waals surface area contributed by atoms with E-state index in [0.29, 0.717) is 13.0 Å². The van der Waals surface area contributed by atoms with Crippen LogP contribution in [-0.4, -0.2) is 23.5 Å². The van der Waals surface area contributed by atoms with Crippen LogP contribution in [0.25, 0.3) is 0 Å². The molecule has 1 aliphatic heterocycles. The van der Waals surface area contributed by atoms with Crippen molar-refractivity contribution in [1.82, 2.24) is 5.32 Å². The van der Waals surface area contributed by atoms with Crippen molar-refractivity contribution in [3.05, 3.63) is 35.4 Å². The van der Waals surface area contributed by atoms with Gasteiger partial charge in [0, 0.05) is 12.5 Å². The van der Waals surface area contributed by atoms with Crippen LogP contribution in [0, 0.1) is 5.92 Å². The van der Waals surface area contributed by atoms with Gasteiger partial charge in [-0.05, 0) is 24.0 Å². The van der Waals surface area contributed by atoms with Gasteiger partial charge < -0.3 is 10.4 Å². The Morgan fingerprint density at radius 1 is 1.39 bits per heavy atom. The first-order chi connectivity index (χ1) is 8.63. The van der Waals surface area contributed by atoms with Crippen molar-refractivity contribution in [2.75, 3.05) is 6.54 Å². The molecule has 1 aliphatic rings. The maximum Gasteiger partial charge on any atom is 0.316 e. The molecule has 0 spiro atoms. The third kappa shape index (κ3) is 2.37. The third-order valence-corrected chi connectivity index (χ3v) is 3.52. The number of hydrogen-bond acceptors (Lipinski definition) is 2. The van der Waals surface area contributed by atoms with Crippen molar-refractivity contribution < 1.29 is 14.7 Å². The monoisotopic (exact) mass is 247 g/mol. The molecule has 1 fully saturated rings. The number of rotatable bonds is 3. The Kier molecular flexibility index (Phi) is 3.65. The molecule has 0 bridgehead atoms. The number of carbonyl (C=O) groups is 2. The van der Waals surface area contributed by atoms with Crippen LogP contribution in [0.2, 0.25) is 0 Å². The predicted octanol–water partition coefficient (Wildman–Crippen LogP) is 1.55. The molecule has 1 aromatic rings. The average Bonchev–Trinajstić information content (AvgIpc) is 2.38. The highest BCUT2D eigenvalue weighted by Gasteiger charge is 2.38. The minimum absolute atomic E-state index is 0.220. The molecule has 96 valence electrons. The minimum atomic E-state index is -1.04. The Morgan fingerprint density at radius 3 is 2.61 bits per heavy atom. The summed E-state index contributed by atoms with van der Waals surface area (Å²) in [5.41, 5.74) is 2.15. The number of aliphatic carboxylic acids is 1. The number of piperidine rings is 1. The summed E-state index contributed by atoms with van der Waals surface area (Å²) in [6.07, 6.45) is 1.63. The first kappa shape index (κ1) is 12.6. The smallest absolute Gasteiger partial charge is 0.316 e. The average molecular weight is 247 g/mol. The molecule has 2 rings (SSSR count). The van der Waals surface area contributed by atoms with Gasteiger partial charge in [-0.15, -0.1) is 0 Å². The van der Waals surface area contributed by atoms with Gasteiger partial charge in [0.05, 0.1) is 0 Å². The van der Waals surface area contributed by atoms with Gasteiger partial charge in [0.1, 0.15) is 5.92 Å². The van der Waals surface area contributed by atoms with Gasteiger partial charge in [-0.3, -0.25) is 9.59 Å². The van der Waals surface area contributed by atoms with Crippen LogP contribution in [0.1, 0.15) is 30.4 Å². The zero-order chi connectivity index (χ0) is 13.1. The van der Waals surface area contributed by atoms with Crippen LogP contribution < -0.4 is 5.32 Å². The normalized spacial score (nSPS) is 23.5. The Balaban J connectivity index is 2.28. The second kappa shape index (κ2) is 5.21. The number of hydrogen-bond donors (Lipinski definition) is 2. The summed E-state index contributed by atoms with van der Waals surface area (Å²) in [5, 5.41) is 11.8. The lowest BCUT2D eigenvalue weighted by molar-refractivity contribution is -0.149. The van der Waals surface area contributed by atoms with Crippen LogP contribution in [0.5, 0.6) is 0 Å². The molecule has 0 aromatic heterocycles. The molecule has 0 aliphatic carbocycles. The number of amides is 1. The van der Waals surface area contributed by atoms with Gasteiger partial charge in [0.2, 0.25) is 5.91 Å². The van der Waals surface area contributed by atoms with Crippen LogP contribution in [0.15, 0.2) is 24.3 Å². The van der Waals surface area contributed by atoms with Crippen molar-refractivity contribution in [2.24, 2.45) is 5.92 Å². The summed E-state index contributed by atoms with van der Waals surface area (Å²) in [5.74, 6) is -2.61. The summed E-state index contributed by atoms with van der Waals surface area (Å²) in [4.78, 5) is 22.9. The van der Waals surface area contributed by atoms with Gasteiger partial charge in [-0.1, -0.05) is 31.2 Å². The van der Waals surface area contributed by atoms with E-state index in [-0.39, 0.29) is 11.8 Å². The molecular weight excluding hydrogens is 230 g/mol. The van der Waals surface area contributed by atoms with E-state index < -0.39 is 11.9 Å². The van der Waals surface area contributed by atoms with Crippen LogP contribution in [-0.2, 0) is 16.0 Å². The first-order valence-electron chi connectivity index (χ1n) is 6.23. The number of carboxylic acids is 1. The Bertz CT molecular complexity index is 453. The van der Waals surface area contributed by atoms with Crippen molar-refractivity contribution in [3.63, 3.8) is 0 Å². The number of carbonyl (C=O) groups excluding carboxylic acids is 1. The zero-order valence-electron chi connectivity index (χ0n) is 10.3. The van der Waals surface area contributed by atoms with Crippen LogP contribution in [0.4, 0.5) is 0 Å². The third-order valence-electron chi connectivity index (χ3n) is 3.52. The maximum absolute atomic E-state index is 11.7. The molecule has 4 nitrogen and oxygen atoms in total. The minimum Gasteiger partial charge on any atom is -0.481 e. The fraction of sp³-hybridized carbons (Fsp3) is 0.429. The van der Waals surface area contributed by atoms with Gasteiger partial charge in [-0.25, -0.2) is 0 Å². The summed E-state index contributed by atoms with van der Waals surface area (Å²) in [7, 11) is 0. The van der Waals surface area contributed by atoms with Gasteiger partial charge >= 0.3 is 5.97 Å². The summed E-state index contributed by atoms with van der Waals surface area (Å²) in [6.45, 7) is 2.62. The van der Waals surface area contributed by atoms with Gasteiger partial charge in [-0.2, -0.15) is 0 Å². The van der Waals surface area contributed by atoms with E-state index in [9.17, 15) is 14.7 Å². The van der Waals surface area contributed by atoms with Crippen LogP contribution >= 0.6 is 0 Å². The highest BCUT2D eigenvalue weighted by molar-refractivity contribution is 5.98. The van der Waals surface area contributed by atoms with E-state index in [2.05, 4.69) is 12.2 Å². The molecule has 0 radical (unpaired) electrons. The molecule has 18 heavy (non-hydrogen) atoms. The lowest BCUT2D eigenvalue weighted by Gasteiger charge is -2.28. The second-order valence-corrected chi connectivity index (χ2v) is 4.60. The Labute approximate surface area is 106 Å². The number of aryl methyl sites for hydroxylation is 1. The molecular formula is C14H17NO3. The van der Waals surface area contributed by atoms with Crippen molar-refractivity contribution in [3.8, 4) is 0 Å². The standard InChI is InChI=1S/C14H17NO3/c1-2-9-3-5-10(6-4-9)11-7-8-15-13(16)12(11)14(17)18/h3-6,11-12H,2,7-8H2,1H3,(H,15,16)(H,17,18). The van der Waals surface area contributed by atoms with Crippen molar-refractivity contribution in [2.45, 2.75) is 25.7 Å². The lowest BCUT2D eigenvalue weighted by atomic mass is 9.80. The highest BCUT2D eigenvalue weighted by Crippen LogP contribution is 2.31. The van der Waals surface area contributed by atoms with Crippen molar-refractivity contribution >= 4 is 11.9 Å². The molecule has 1 saturated heterocycles. The molecule has 1 amide bonds. The van der Waals surface area contributed by atoms with E-state index in [1.807, 2.05) is 24.3 Å². The zero-order valence-corrected chi connectivity index (χ0v) is 10.3. The predicted molar refractivity (Wildman–Crippen MR) is 67.3 cm³/mol. The number of nitrogens with one attached hydrogen (secondary N) is 1. The molecule has 2 N–H and O–H groups in total. The topological polar surface area (TPSA) is 66.4 Å². The van der Waals surface area contributed by atoms with Crippen LogP contribution in [0.3, 0.4) is 0 Å². The second-order valence-electron chi connectivity index (χ2n) is 4.60. The maximum atomic E-state index is 11.7. The molecule has 1 aromatic carbocycles. The largest absolute Gasteiger partial charge is 0.481 e. The molecule has 4 heteroatoms. The SMILES string of the molecule is CCc1ccc(C2CCNC(=O)C2C(=O)O)cc1. The number of benzene rings is 1. The summed E-state index contributed by atoms with van der Waals surface area (Å²) in [6, 6.07) is 7.89. The molecule has 2 atom stereocenters. The van der Waals surface area contributed by atoms with Crippen molar-refractivity contribution in [1.29, 1.82) is 0 Å². The van der Waals surface area contributed by atoms with E-state index in [1.165, 1.54) is 5.56 Å². The Morgan fingerprint density at radius 2 is 2.06 bits per heavy atom. The summed E-state index contributed by atoms with van der Waals surface area (Å²) >= 11 is 0.